The molecule has 0 radical (unpaired) electrons. The molecule has 2 aromatic carbocycles. The summed E-state index contributed by atoms with van der Waals surface area (Å²) < 4.78 is 0. The summed E-state index contributed by atoms with van der Waals surface area (Å²) in [5.74, 6) is -1.61. The second kappa shape index (κ2) is 13.6. The average Bonchev–Trinajstić information content (AvgIpc) is 2.87. The number of nitrogens with zero attached hydrogens (tertiary/aromatic N) is 1. The maximum Gasteiger partial charge on any atom is 0.246 e. The van der Waals surface area contributed by atoms with Gasteiger partial charge in [-0.25, -0.2) is 0 Å². The molecule has 0 saturated heterocycles. The van der Waals surface area contributed by atoms with E-state index < -0.39 is 35.8 Å². The standard InChI is InChI=1S/C28H40N4O4/c1-5-18(3)24(29)27(35)31-23(16-20-12-14-22(33)15-13-20)28(36)32(17-21-10-8-7-9-11-21)25(26(30)34)19(4)6-2/h7-15,18-19,23-25,33H,5-6,16-17,29H2,1-4H3,(H2,30,34)(H,31,35)/t18-,19-,23-,24-,25-/m0/s1. The van der Waals surface area contributed by atoms with Crippen LogP contribution in [0.2, 0.25) is 0 Å². The molecule has 0 spiro atoms. The van der Waals surface area contributed by atoms with E-state index in [9.17, 15) is 19.5 Å². The van der Waals surface area contributed by atoms with Gasteiger partial charge in [-0.3, -0.25) is 14.4 Å². The molecule has 2 rings (SSSR count). The zero-order valence-corrected chi connectivity index (χ0v) is 21.7. The van der Waals surface area contributed by atoms with Crippen LogP contribution in [0.1, 0.15) is 51.7 Å². The first-order chi connectivity index (χ1) is 17.1. The lowest BCUT2D eigenvalue weighted by molar-refractivity contribution is -0.145. The van der Waals surface area contributed by atoms with E-state index in [1.165, 1.54) is 17.0 Å². The van der Waals surface area contributed by atoms with Crippen molar-refractivity contribution < 1.29 is 19.5 Å². The highest BCUT2D eigenvalue weighted by Gasteiger charge is 2.37. The summed E-state index contributed by atoms with van der Waals surface area (Å²) in [5.41, 5.74) is 13.6. The SMILES string of the molecule is CC[C@H](C)[C@H](N)C(=O)N[C@@H](Cc1ccc(O)cc1)C(=O)N(Cc1ccccc1)[C@H](C(N)=O)[C@@H](C)CC. The number of carbonyl (C=O) groups is 3. The third-order valence-electron chi connectivity index (χ3n) is 6.84. The van der Waals surface area contributed by atoms with Crippen LogP contribution in [0.4, 0.5) is 0 Å². The van der Waals surface area contributed by atoms with Crippen LogP contribution < -0.4 is 16.8 Å². The predicted octanol–water partition coefficient (Wildman–Crippen LogP) is 2.72. The molecule has 3 amide bonds. The molecule has 5 atom stereocenters. The highest BCUT2D eigenvalue weighted by molar-refractivity contribution is 5.93. The molecule has 0 aliphatic heterocycles. The molecule has 36 heavy (non-hydrogen) atoms. The Morgan fingerprint density at radius 3 is 2.03 bits per heavy atom. The lowest BCUT2D eigenvalue weighted by Gasteiger charge is -2.36. The third-order valence-corrected chi connectivity index (χ3v) is 6.84. The molecule has 0 aliphatic carbocycles. The van der Waals surface area contributed by atoms with Crippen molar-refractivity contribution in [2.45, 2.75) is 71.6 Å². The van der Waals surface area contributed by atoms with Crippen molar-refractivity contribution in [3.05, 3.63) is 65.7 Å². The van der Waals surface area contributed by atoms with Crippen LogP contribution in [0.5, 0.6) is 5.75 Å². The highest BCUT2D eigenvalue weighted by atomic mass is 16.3. The Kier molecular flexibility index (Phi) is 10.9. The van der Waals surface area contributed by atoms with Gasteiger partial charge in [0.1, 0.15) is 17.8 Å². The van der Waals surface area contributed by atoms with E-state index in [2.05, 4.69) is 5.32 Å². The molecule has 0 bridgehead atoms. The van der Waals surface area contributed by atoms with E-state index in [4.69, 9.17) is 11.5 Å². The van der Waals surface area contributed by atoms with Crippen molar-refractivity contribution in [3.8, 4) is 5.75 Å². The second-order valence-electron chi connectivity index (χ2n) is 9.53. The van der Waals surface area contributed by atoms with Crippen LogP contribution in [0.3, 0.4) is 0 Å². The number of aromatic hydroxyl groups is 1. The van der Waals surface area contributed by atoms with E-state index in [0.717, 1.165) is 11.1 Å². The summed E-state index contributed by atoms with van der Waals surface area (Å²) in [7, 11) is 0. The van der Waals surface area contributed by atoms with Crippen molar-refractivity contribution in [2.24, 2.45) is 23.3 Å². The molecule has 0 aliphatic rings. The summed E-state index contributed by atoms with van der Waals surface area (Å²) in [4.78, 5) is 41.2. The number of phenols is 1. The lowest BCUT2D eigenvalue weighted by Crippen LogP contribution is -2.59. The molecular weight excluding hydrogens is 456 g/mol. The van der Waals surface area contributed by atoms with Gasteiger partial charge in [-0.05, 0) is 35.1 Å². The topological polar surface area (TPSA) is 139 Å². The molecule has 196 valence electrons. The van der Waals surface area contributed by atoms with Crippen molar-refractivity contribution in [2.75, 3.05) is 0 Å². The summed E-state index contributed by atoms with van der Waals surface area (Å²) >= 11 is 0. The van der Waals surface area contributed by atoms with Gasteiger partial charge in [0, 0.05) is 13.0 Å². The number of primary amides is 1. The Labute approximate surface area is 214 Å². The monoisotopic (exact) mass is 496 g/mol. The van der Waals surface area contributed by atoms with Gasteiger partial charge in [0.15, 0.2) is 0 Å². The number of benzene rings is 2. The first-order valence-electron chi connectivity index (χ1n) is 12.6. The molecule has 8 nitrogen and oxygen atoms in total. The summed E-state index contributed by atoms with van der Waals surface area (Å²) in [6.07, 6.45) is 1.51. The van der Waals surface area contributed by atoms with Crippen molar-refractivity contribution in [3.63, 3.8) is 0 Å². The van der Waals surface area contributed by atoms with Crippen LogP contribution >= 0.6 is 0 Å². The first kappa shape index (κ1) is 28.8. The maximum atomic E-state index is 14.1. The number of phenolic OH excluding ortho intramolecular Hbond substituents is 1. The second-order valence-corrected chi connectivity index (χ2v) is 9.53. The zero-order valence-electron chi connectivity index (χ0n) is 21.7. The minimum absolute atomic E-state index is 0.0756. The number of nitrogens with two attached hydrogens (primary N) is 2. The quantitative estimate of drug-likeness (QED) is 0.338. The Morgan fingerprint density at radius 1 is 0.917 bits per heavy atom. The van der Waals surface area contributed by atoms with E-state index in [1.54, 1.807) is 12.1 Å². The molecule has 6 N–H and O–H groups in total. The van der Waals surface area contributed by atoms with Crippen LogP contribution in [0.25, 0.3) is 0 Å². The minimum atomic E-state index is -0.980. The molecule has 0 fully saturated rings. The highest BCUT2D eigenvalue weighted by Crippen LogP contribution is 2.21. The Bertz CT molecular complexity index is 996. The lowest BCUT2D eigenvalue weighted by atomic mass is 9.94. The fourth-order valence-corrected chi connectivity index (χ4v) is 4.11. The first-order valence-corrected chi connectivity index (χ1v) is 12.6. The molecule has 0 heterocycles. The number of hydrogen-bond donors (Lipinski definition) is 4. The third kappa shape index (κ3) is 7.81. The normalized spacial score (nSPS) is 15.2. The summed E-state index contributed by atoms with van der Waals surface area (Å²) in [6, 6.07) is 13.2. The largest absolute Gasteiger partial charge is 0.508 e. The fourth-order valence-electron chi connectivity index (χ4n) is 4.11. The molecule has 2 aromatic rings. The zero-order chi connectivity index (χ0) is 26.8. The summed E-state index contributed by atoms with van der Waals surface area (Å²) in [5, 5.41) is 12.5. The fraction of sp³-hybridized carbons (Fsp3) is 0.464. The average molecular weight is 497 g/mol. The van der Waals surface area contributed by atoms with Gasteiger partial charge in [-0.1, -0.05) is 83.0 Å². The minimum Gasteiger partial charge on any atom is -0.508 e. The smallest absolute Gasteiger partial charge is 0.246 e. The number of hydrogen-bond acceptors (Lipinski definition) is 5. The molecule has 0 saturated carbocycles. The number of carbonyl (C=O) groups excluding carboxylic acids is 3. The number of rotatable bonds is 13. The Balaban J connectivity index is 2.48. The van der Waals surface area contributed by atoms with Gasteiger partial charge in [-0.15, -0.1) is 0 Å². The number of amides is 3. The van der Waals surface area contributed by atoms with E-state index >= 15 is 0 Å². The number of nitrogens with one attached hydrogen (secondary N) is 1. The predicted molar refractivity (Wildman–Crippen MR) is 141 cm³/mol. The Morgan fingerprint density at radius 2 is 1.50 bits per heavy atom. The van der Waals surface area contributed by atoms with Crippen molar-refractivity contribution in [1.82, 2.24) is 10.2 Å². The van der Waals surface area contributed by atoms with Gasteiger partial charge < -0.3 is 26.8 Å². The molecule has 8 heteroatoms. The van der Waals surface area contributed by atoms with Gasteiger partial charge in [-0.2, -0.15) is 0 Å². The molecule has 0 aromatic heterocycles. The van der Waals surface area contributed by atoms with Crippen LogP contribution in [0.15, 0.2) is 54.6 Å². The van der Waals surface area contributed by atoms with E-state index in [0.29, 0.717) is 12.8 Å². The van der Waals surface area contributed by atoms with Gasteiger partial charge >= 0.3 is 0 Å². The van der Waals surface area contributed by atoms with Gasteiger partial charge in [0.05, 0.1) is 6.04 Å². The van der Waals surface area contributed by atoms with Gasteiger partial charge in [0.25, 0.3) is 0 Å². The van der Waals surface area contributed by atoms with Crippen LogP contribution in [-0.2, 0) is 27.3 Å². The molecular formula is C28H40N4O4. The van der Waals surface area contributed by atoms with E-state index in [-0.39, 0.29) is 30.6 Å². The van der Waals surface area contributed by atoms with Crippen LogP contribution in [0, 0.1) is 11.8 Å². The Hall–Kier alpha value is -3.39. The van der Waals surface area contributed by atoms with Crippen molar-refractivity contribution in [1.29, 1.82) is 0 Å². The van der Waals surface area contributed by atoms with Crippen LogP contribution in [-0.4, -0.2) is 45.9 Å². The summed E-state index contributed by atoms with van der Waals surface area (Å²) in [6.45, 7) is 7.81. The maximum absolute atomic E-state index is 14.1. The van der Waals surface area contributed by atoms with E-state index in [1.807, 2.05) is 58.0 Å². The van der Waals surface area contributed by atoms with Gasteiger partial charge in [0.2, 0.25) is 17.7 Å². The molecule has 0 unspecified atom stereocenters. The van der Waals surface area contributed by atoms with Crippen molar-refractivity contribution >= 4 is 17.7 Å².